The van der Waals surface area contributed by atoms with E-state index in [4.69, 9.17) is 14.2 Å². The van der Waals surface area contributed by atoms with Gasteiger partial charge in [0.1, 0.15) is 0 Å². The van der Waals surface area contributed by atoms with Crippen LogP contribution in [0.15, 0.2) is 29.2 Å². The Morgan fingerprint density at radius 3 is 2.50 bits per heavy atom. The summed E-state index contributed by atoms with van der Waals surface area (Å²) in [5.74, 6) is -1.46. The fourth-order valence-electron chi connectivity index (χ4n) is 4.36. The molecule has 1 aromatic carbocycles. The summed E-state index contributed by atoms with van der Waals surface area (Å²) in [5, 5.41) is 0. The maximum absolute atomic E-state index is 13.4. The van der Waals surface area contributed by atoms with Crippen molar-refractivity contribution in [3.8, 4) is 0 Å². The lowest BCUT2D eigenvalue weighted by Gasteiger charge is -2.52. The molecule has 156 valence electrons. The molecular formula is C20H29NO6S. The zero-order valence-electron chi connectivity index (χ0n) is 17.0. The molecule has 2 heterocycles. The van der Waals surface area contributed by atoms with Crippen molar-refractivity contribution in [2.75, 3.05) is 13.7 Å². The third kappa shape index (κ3) is 4.10. The molecule has 0 aliphatic carbocycles. The number of esters is 1. The second-order valence-electron chi connectivity index (χ2n) is 8.02. The average Bonchev–Trinajstić information content (AvgIpc) is 2.60. The van der Waals surface area contributed by atoms with Crippen LogP contribution < -0.4 is 0 Å². The highest BCUT2D eigenvalue weighted by Gasteiger charge is 2.52. The first-order chi connectivity index (χ1) is 13.0. The molecule has 8 heteroatoms. The van der Waals surface area contributed by atoms with E-state index in [1.54, 1.807) is 24.3 Å². The monoisotopic (exact) mass is 411 g/mol. The maximum atomic E-state index is 13.4. The first-order valence-corrected chi connectivity index (χ1v) is 11.0. The van der Waals surface area contributed by atoms with Gasteiger partial charge in [-0.15, -0.1) is 0 Å². The molecule has 2 aliphatic rings. The third-order valence-corrected chi connectivity index (χ3v) is 7.49. The van der Waals surface area contributed by atoms with Gasteiger partial charge >= 0.3 is 5.97 Å². The number of fused-ring (bicyclic) bond motifs is 1. The number of nitrogens with zero attached hydrogens (tertiary/aromatic N) is 1. The van der Waals surface area contributed by atoms with E-state index in [0.29, 0.717) is 6.42 Å². The Bertz CT molecular complexity index is 820. The first-order valence-electron chi connectivity index (χ1n) is 9.56. The van der Waals surface area contributed by atoms with Crippen LogP contribution in [0, 0.1) is 12.8 Å². The molecule has 0 bridgehead atoms. The van der Waals surface area contributed by atoms with Crippen molar-refractivity contribution in [1.29, 1.82) is 0 Å². The topological polar surface area (TPSA) is 82.1 Å². The van der Waals surface area contributed by atoms with Crippen LogP contribution in [-0.2, 0) is 29.0 Å². The van der Waals surface area contributed by atoms with Crippen molar-refractivity contribution in [3.63, 3.8) is 0 Å². The number of rotatable bonds is 4. The minimum atomic E-state index is -3.77. The Morgan fingerprint density at radius 2 is 1.89 bits per heavy atom. The van der Waals surface area contributed by atoms with Crippen LogP contribution >= 0.6 is 0 Å². The van der Waals surface area contributed by atoms with Gasteiger partial charge < -0.3 is 14.2 Å². The number of methoxy groups -OCH3 is 1. The summed E-state index contributed by atoms with van der Waals surface area (Å²) in [6.07, 6.45) is 0.0578. The van der Waals surface area contributed by atoms with Gasteiger partial charge in [0.05, 0.1) is 30.6 Å². The largest absolute Gasteiger partial charge is 0.469 e. The number of sulfonamides is 1. The van der Waals surface area contributed by atoms with Crippen LogP contribution in [-0.4, -0.2) is 56.4 Å². The van der Waals surface area contributed by atoms with Gasteiger partial charge in [0.25, 0.3) is 0 Å². The standard InChI is InChI=1S/C20H29NO6S/c1-13-6-8-15(9-7-13)28(23,24)21-11-10-17-19(16(21)12-18(22)25-5)14(2)26-20(3,4)27-17/h6-9,14,16-17,19H,10-12H2,1-5H3. The summed E-state index contributed by atoms with van der Waals surface area (Å²) in [6.45, 7) is 7.80. The summed E-state index contributed by atoms with van der Waals surface area (Å²) in [4.78, 5) is 12.3. The second kappa shape index (κ2) is 7.74. The van der Waals surface area contributed by atoms with Crippen molar-refractivity contribution in [2.24, 2.45) is 5.92 Å². The number of hydrogen-bond donors (Lipinski definition) is 0. The van der Waals surface area contributed by atoms with Crippen molar-refractivity contribution in [3.05, 3.63) is 29.8 Å². The zero-order valence-corrected chi connectivity index (χ0v) is 17.9. The van der Waals surface area contributed by atoms with Crippen molar-refractivity contribution in [2.45, 2.75) is 69.5 Å². The van der Waals surface area contributed by atoms with Crippen LogP contribution in [0.4, 0.5) is 0 Å². The summed E-state index contributed by atoms with van der Waals surface area (Å²) in [5.41, 5.74) is 0.980. The van der Waals surface area contributed by atoms with Gasteiger partial charge in [0.2, 0.25) is 10.0 Å². The molecule has 4 atom stereocenters. The fourth-order valence-corrected chi connectivity index (χ4v) is 6.03. The van der Waals surface area contributed by atoms with Crippen LogP contribution in [0.25, 0.3) is 0 Å². The Labute approximate surface area is 167 Å². The van der Waals surface area contributed by atoms with Gasteiger partial charge in [0, 0.05) is 18.5 Å². The quantitative estimate of drug-likeness (QED) is 0.708. The van der Waals surface area contributed by atoms with Gasteiger partial charge in [-0.1, -0.05) is 17.7 Å². The molecule has 7 nitrogen and oxygen atoms in total. The molecule has 2 fully saturated rings. The van der Waals surface area contributed by atoms with Gasteiger partial charge in [-0.25, -0.2) is 8.42 Å². The summed E-state index contributed by atoms with van der Waals surface area (Å²) in [6, 6.07) is 6.15. The predicted molar refractivity (Wildman–Crippen MR) is 103 cm³/mol. The van der Waals surface area contributed by atoms with Gasteiger partial charge in [-0.3, -0.25) is 4.79 Å². The number of carbonyl (C=O) groups is 1. The van der Waals surface area contributed by atoms with E-state index in [1.807, 2.05) is 27.7 Å². The highest BCUT2D eigenvalue weighted by atomic mass is 32.2. The maximum Gasteiger partial charge on any atom is 0.307 e. The SMILES string of the molecule is COC(=O)CC1C2C(C)OC(C)(C)OC2CCN1S(=O)(=O)c1ccc(C)cc1. The van der Waals surface area contributed by atoms with E-state index in [0.717, 1.165) is 5.56 Å². The molecule has 0 aromatic heterocycles. The predicted octanol–water partition coefficient (Wildman–Crippen LogP) is 2.48. The highest BCUT2D eigenvalue weighted by molar-refractivity contribution is 7.89. The first kappa shape index (κ1) is 21.2. The third-order valence-electron chi connectivity index (χ3n) is 5.56. The van der Waals surface area contributed by atoms with Crippen molar-refractivity contribution in [1.82, 2.24) is 4.31 Å². The molecule has 3 rings (SSSR count). The lowest BCUT2D eigenvalue weighted by Crippen LogP contribution is -2.62. The van der Waals surface area contributed by atoms with Crippen LogP contribution in [0.3, 0.4) is 0 Å². The number of hydrogen-bond acceptors (Lipinski definition) is 6. The summed E-state index contributed by atoms with van der Waals surface area (Å²) < 4.78 is 45.1. The normalized spacial score (nSPS) is 30.5. The summed E-state index contributed by atoms with van der Waals surface area (Å²) >= 11 is 0. The molecule has 2 aliphatic heterocycles. The molecule has 4 unspecified atom stereocenters. The number of benzene rings is 1. The number of carbonyl (C=O) groups excluding carboxylic acids is 1. The Hall–Kier alpha value is -1.48. The minimum Gasteiger partial charge on any atom is -0.469 e. The smallest absolute Gasteiger partial charge is 0.307 e. The van der Waals surface area contributed by atoms with Crippen LogP contribution in [0.1, 0.15) is 39.2 Å². The zero-order chi connectivity index (χ0) is 20.7. The van der Waals surface area contributed by atoms with Gasteiger partial charge in [-0.2, -0.15) is 4.31 Å². The second-order valence-corrected chi connectivity index (χ2v) is 9.91. The number of piperidine rings is 1. The number of aryl methyl sites for hydroxylation is 1. The Kier molecular flexibility index (Phi) is 5.87. The lowest BCUT2D eigenvalue weighted by molar-refractivity contribution is -0.329. The van der Waals surface area contributed by atoms with E-state index < -0.39 is 27.8 Å². The van der Waals surface area contributed by atoms with Crippen LogP contribution in [0.2, 0.25) is 0 Å². The molecule has 0 amide bonds. The van der Waals surface area contributed by atoms with Gasteiger partial charge in [0.15, 0.2) is 5.79 Å². The summed E-state index contributed by atoms with van der Waals surface area (Å²) in [7, 11) is -2.46. The molecule has 0 N–H and O–H groups in total. The molecular weight excluding hydrogens is 382 g/mol. The van der Waals surface area contributed by atoms with E-state index in [1.165, 1.54) is 11.4 Å². The Balaban J connectivity index is 1.98. The van der Waals surface area contributed by atoms with E-state index in [-0.39, 0.29) is 36.0 Å². The molecule has 0 radical (unpaired) electrons. The number of ether oxygens (including phenoxy) is 3. The van der Waals surface area contributed by atoms with Crippen LogP contribution in [0.5, 0.6) is 0 Å². The lowest BCUT2D eigenvalue weighted by atomic mass is 9.81. The average molecular weight is 412 g/mol. The van der Waals surface area contributed by atoms with E-state index >= 15 is 0 Å². The van der Waals surface area contributed by atoms with Crippen molar-refractivity contribution < 1.29 is 27.4 Å². The molecule has 0 spiro atoms. The van der Waals surface area contributed by atoms with E-state index in [2.05, 4.69) is 0 Å². The van der Waals surface area contributed by atoms with E-state index in [9.17, 15) is 13.2 Å². The Morgan fingerprint density at radius 1 is 1.25 bits per heavy atom. The molecule has 0 saturated carbocycles. The van der Waals surface area contributed by atoms with Crippen molar-refractivity contribution >= 4 is 16.0 Å². The molecule has 1 aromatic rings. The van der Waals surface area contributed by atoms with Gasteiger partial charge in [-0.05, 0) is 46.2 Å². The molecule has 2 saturated heterocycles. The molecule has 28 heavy (non-hydrogen) atoms. The highest BCUT2D eigenvalue weighted by Crippen LogP contribution is 2.41. The minimum absolute atomic E-state index is 0.0414. The fraction of sp³-hybridized carbons (Fsp3) is 0.650.